The molecule has 1 atom stereocenters. The molecule has 21 heavy (non-hydrogen) atoms. The highest BCUT2D eigenvalue weighted by Crippen LogP contribution is 2.22. The number of aromatic nitrogens is 4. The van der Waals surface area contributed by atoms with Gasteiger partial charge in [-0.3, -0.25) is 20.2 Å². The van der Waals surface area contributed by atoms with Gasteiger partial charge < -0.3 is 0 Å². The smallest absolute Gasteiger partial charge is 0.249 e. The second-order valence-corrected chi connectivity index (χ2v) is 5.43. The van der Waals surface area contributed by atoms with Crippen LogP contribution in [0.15, 0.2) is 41.9 Å². The second kappa shape index (κ2) is 5.84. The largest absolute Gasteiger partial charge is 0.293 e. The second-order valence-electron chi connectivity index (χ2n) is 4.45. The van der Waals surface area contributed by atoms with E-state index in [0.29, 0.717) is 11.5 Å². The summed E-state index contributed by atoms with van der Waals surface area (Å²) in [4.78, 5) is 21.5. The minimum absolute atomic E-state index is 0.135. The van der Waals surface area contributed by atoms with Crippen molar-refractivity contribution in [2.75, 3.05) is 5.32 Å². The maximum atomic E-state index is 12.1. The molecular weight excluding hydrogens is 286 g/mol. The van der Waals surface area contributed by atoms with E-state index in [1.165, 1.54) is 0 Å². The summed E-state index contributed by atoms with van der Waals surface area (Å²) in [5.41, 5.74) is 0.678. The Morgan fingerprint density at radius 3 is 2.95 bits per heavy atom. The number of H-pyrrole nitrogens is 1. The van der Waals surface area contributed by atoms with E-state index in [-0.39, 0.29) is 17.8 Å². The number of carbonyl (C=O) groups excluding carboxylic acids is 1. The maximum absolute atomic E-state index is 12.1. The SMILES string of the molecule is C[C@@H](C(=O)Nc1n[nH]c(-c2ccccn2)n1)c1cccs1. The van der Waals surface area contributed by atoms with Crippen LogP contribution in [0.3, 0.4) is 0 Å². The molecule has 0 saturated carbocycles. The molecule has 0 aromatic carbocycles. The third-order valence-electron chi connectivity index (χ3n) is 2.99. The van der Waals surface area contributed by atoms with E-state index in [4.69, 9.17) is 0 Å². The number of hydrogen-bond acceptors (Lipinski definition) is 5. The lowest BCUT2D eigenvalue weighted by Gasteiger charge is -2.07. The van der Waals surface area contributed by atoms with Crippen LogP contribution in [-0.4, -0.2) is 26.1 Å². The zero-order chi connectivity index (χ0) is 14.7. The first-order valence-electron chi connectivity index (χ1n) is 6.42. The predicted octanol–water partition coefficient (Wildman–Crippen LogP) is 2.67. The molecule has 3 aromatic heterocycles. The zero-order valence-corrected chi connectivity index (χ0v) is 12.1. The molecule has 2 N–H and O–H groups in total. The highest BCUT2D eigenvalue weighted by atomic mass is 32.1. The first-order chi connectivity index (χ1) is 10.2. The van der Waals surface area contributed by atoms with Gasteiger partial charge in [-0.25, -0.2) is 0 Å². The number of rotatable bonds is 4. The molecule has 3 rings (SSSR count). The van der Waals surface area contributed by atoms with Crippen LogP contribution in [0, 0.1) is 0 Å². The Labute approximate surface area is 125 Å². The minimum Gasteiger partial charge on any atom is -0.293 e. The summed E-state index contributed by atoms with van der Waals surface area (Å²) in [5.74, 6) is 0.407. The summed E-state index contributed by atoms with van der Waals surface area (Å²) in [6.07, 6.45) is 1.68. The van der Waals surface area contributed by atoms with Crippen molar-refractivity contribution in [3.05, 3.63) is 46.8 Å². The lowest BCUT2D eigenvalue weighted by Crippen LogP contribution is -2.18. The quantitative estimate of drug-likeness (QED) is 0.775. The van der Waals surface area contributed by atoms with Crippen LogP contribution in [0.1, 0.15) is 17.7 Å². The number of amides is 1. The molecule has 0 aliphatic heterocycles. The van der Waals surface area contributed by atoms with Crippen LogP contribution in [-0.2, 0) is 4.79 Å². The first-order valence-corrected chi connectivity index (χ1v) is 7.30. The van der Waals surface area contributed by atoms with Gasteiger partial charge in [0.15, 0.2) is 5.82 Å². The predicted molar refractivity (Wildman–Crippen MR) is 81.0 cm³/mol. The number of hydrogen-bond donors (Lipinski definition) is 2. The van der Waals surface area contributed by atoms with Gasteiger partial charge in [0.25, 0.3) is 0 Å². The van der Waals surface area contributed by atoms with Gasteiger partial charge >= 0.3 is 0 Å². The Morgan fingerprint density at radius 2 is 2.24 bits per heavy atom. The normalized spacial score (nSPS) is 12.0. The average Bonchev–Trinajstić information content (AvgIpc) is 3.19. The van der Waals surface area contributed by atoms with Gasteiger partial charge in [0, 0.05) is 11.1 Å². The van der Waals surface area contributed by atoms with Gasteiger partial charge in [0.1, 0.15) is 5.69 Å². The van der Waals surface area contributed by atoms with Gasteiger partial charge in [-0.15, -0.1) is 16.4 Å². The molecule has 0 aliphatic carbocycles. The highest BCUT2D eigenvalue weighted by Gasteiger charge is 2.18. The van der Waals surface area contributed by atoms with Crippen molar-refractivity contribution < 1.29 is 4.79 Å². The summed E-state index contributed by atoms with van der Waals surface area (Å²) in [5, 5.41) is 11.4. The van der Waals surface area contributed by atoms with Crippen molar-refractivity contribution in [2.45, 2.75) is 12.8 Å². The van der Waals surface area contributed by atoms with E-state index >= 15 is 0 Å². The molecule has 0 bridgehead atoms. The monoisotopic (exact) mass is 299 g/mol. The maximum Gasteiger partial charge on any atom is 0.249 e. The molecule has 3 heterocycles. The first kappa shape index (κ1) is 13.4. The molecule has 106 valence electrons. The summed E-state index contributed by atoms with van der Waals surface area (Å²) < 4.78 is 0. The zero-order valence-electron chi connectivity index (χ0n) is 11.3. The number of aromatic amines is 1. The molecule has 0 saturated heterocycles. The molecule has 0 radical (unpaired) electrons. The topological polar surface area (TPSA) is 83.6 Å². The Bertz CT molecular complexity index is 723. The third kappa shape index (κ3) is 2.97. The summed E-state index contributed by atoms with van der Waals surface area (Å²) >= 11 is 1.55. The van der Waals surface area contributed by atoms with Gasteiger partial charge in [-0.2, -0.15) is 4.98 Å². The average molecular weight is 299 g/mol. The minimum atomic E-state index is -0.234. The summed E-state index contributed by atoms with van der Waals surface area (Å²) in [6, 6.07) is 9.37. The van der Waals surface area contributed by atoms with E-state index in [0.717, 1.165) is 4.88 Å². The van der Waals surface area contributed by atoms with Gasteiger partial charge in [-0.05, 0) is 30.5 Å². The number of carbonyl (C=O) groups is 1. The lowest BCUT2D eigenvalue weighted by atomic mass is 10.1. The van der Waals surface area contributed by atoms with Gasteiger partial charge in [-0.1, -0.05) is 12.1 Å². The number of nitrogens with one attached hydrogen (secondary N) is 2. The van der Waals surface area contributed by atoms with Crippen LogP contribution < -0.4 is 5.32 Å². The molecular formula is C14H13N5OS. The molecule has 7 heteroatoms. The molecule has 0 fully saturated rings. The van der Waals surface area contributed by atoms with Crippen molar-refractivity contribution in [3.8, 4) is 11.5 Å². The molecule has 0 unspecified atom stereocenters. The van der Waals surface area contributed by atoms with Gasteiger partial charge in [0.05, 0.1) is 5.92 Å². The fourth-order valence-electron chi connectivity index (χ4n) is 1.82. The van der Waals surface area contributed by atoms with Crippen LogP contribution in [0.5, 0.6) is 0 Å². The van der Waals surface area contributed by atoms with Crippen molar-refractivity contribution in [1.82, 2.24) is 20.2 Å². The van der Waals surface area contributed by atoms with E-state index in [1.807, 2.05) is 42.6 Å². The van der Waals surface area contributed by atoms with Gasteiger partial charge in [0.2, 0.25) is 11.9 Å². The summed E-state index contributed by atoms with van der Waals surface area (Å²) in [6.45, 7) is 1.85. The van der Waals surface area contributed by atoms with Crippen molar-refractivity contribution in [1.29, 1.82) is 0 Å². The van der Waals surface area contributed by atoms with E-state index in [9.17, 15) is 4.79 Å². The highest BCUT2D eigenvalue weighted by molar-refractivity contribution is 7.10. The van der Waals surface area contributed by atoms with Crippen LogP contribution >= 0.6 is 11.3 Å². The van der Waals surface area contributed by atoms with E-state index in [1.54, 1.807) is 17.5 Å². The lowest BCUT2D eigenvalue weighted by molar-refractivity contribution is -0.117. The Kier molecular flexibility index (Phi) is 3.74. The number of nitrogens with zero attached hydrogens (tertiary/aromatic N) is 3. The van der Waals surface area contributed by atoms with Crippen LogP contribution in [0.25, 0.3) is 11.5 Å². The van der Waals surface area contributed by atoms with E-state index < -0.39 is 0 Å². The number of pyridine rings is 1. The van der Waals surface area contributed by atoms with Crippen molar-refractivity contribution >= 4 is 23.2 Å². The fraction of sp³-hybridized carbons (Fsp3) is 0.143. The number of thiophene rings is 1. The third-order valence-corrected chi connectivity index (χ3v) is 4.05. The molecule has 6 nitrogen and oxygen atoms in total. The Hall–Kier alpha value is -2.54. The Balaban J connectivity index is 1.71. The number of anilines is 1. The molecule has 0 aliphatic rings. The Morgan fingerprint density at radius 1 is 1.33 bits per heavy atom. The van der Waals surface area contributed by atoms with E-state index in [2.05, 4.69) is 25.5 Å². The molecule has 1 amide bonds. The van der Waals surface area contributed by atoms with Crippen LogP contribution in [0.2, 0.25) is 0 Å². The standard InChI is InChI=1S/C14H13N5OS/c1-9(11-6-4-8-21-11)13(20)17-14-16-12(18-19-14)10-5-2-3-7-15-10/h2-9H,1H3,(H2,16,17,18,19,20)/t9-/m1/s1. The molecule has 3 aromatic rings. The van der Waals surface area contributed by atoms with Crippen molar-refractivity contribution in [3.63, 3.8) is 0 Å². The van der Waals surface area contributed by atoms with Crippen molar-refractivity contribution in [2.24, 2.45) is 0 Å². The molecule has 0 spiro atoms. The van der Waals surface area contributed by atoms with Crippen LogP contribution in [0.4, 0.5) is 5.95 Å². The summed E-state index contributed by atoms with van der Waals surface area (Å²) in [7, 11) is 0. The fourth-order valence-corrected chi connectivity index (χ4v) is 2.60.